The first-order valence-corrected chi connectivity index (χ1v) is 14.5. The minimum absolute atomic E-state index is 0.0580. The number of aromatic nitrogens is 1. The molecule has 0 saturated carbocycles. The molecule has 0 spiro atoms. The minimum atomic E-state index is -1.52. The summed E-state index contributed by atoms with van der Waals surface area (Å²) in [7, 11) is 0. The van der Waals surface area contributed by atoms with Gasteiger partial charge in [-0.3, -0.25) is 9.59 Å². The molecule has 4 aromatic carbocycles. The average molecular weight is 575 g/mol. The highest BCUT2D eigenvalue weighted by atomic mass is 16.6. The summed E-state index contributed by atoms with van der Waals surface area (Å²) >= 11 is 0. The van der Waals surface area contributed by atoms with Crippen molar-refractivity contribution >= 4 is 50.1 Å². The third-order valence-electron chi connectivity index (χ3n) is 8.27. The smallest absolute Gasteiger partial charge is 0.259 e. The number of hydrogen-bond acceptors (Lipinski definition) is 5. The lowest BCUT2D eigenvalue weighted by Crippen LogP contribution is -2.53. The predicted molar refractivity (Wildman–Crippen MR) is 170 cm³/mol. The van der Waals surface area contributed by atoms with E-state index in [4.69, 9.17) is 15.3 Å². The van der Waals surface area contributed by atoms with Crippen molar-refractivity contribution in [1.29, 1.82) is 0 Å². The van der Waals surface area contributed by atoms with Crippen molar-refractivity contribution in [3.05, 3.63) is 103 Å². The highest BCUT2D eigenvalue weighted by Gasteiger charge is 2.53. The van der Waals surface area contributed by atoms with E-state index in [9.17, 15) is 9.59 Å². The molecule has 2 N–H and O–H groups in total. The van der Waals surface area contributed by atoms with Crippen molar-refractivity contribution in [3.8, 4) is 5.75 Å². The van der Waals surface area contributed by atoms with Crippen molar-refractivity contribution in [2.24, 2.45) is 10.9 Å². The monoisotopic (exact) mass is 574 g/mol. The van der Waals surface area contributed by atoms with Gasteiger partial charge in [-0.2, -0.15) is 0 Å². The van der Waals surface area contributed by atoms with E-state index in [0.717, 1.165) is 39.1 Å². The number of amides is 2. The summed E-state index contributed by atoms with van der Waals surface area (Å²) < 4.78 is 8.19. The fraction of sp³-hybridized carbons (Fsp3) is 0.229. The van der Waals surface area contributed by atoms with Gasteiger partial charge in [-0.1, -0.05) is 72.4 Å². The molecule has 8 nitrogen and oxygen atoms in total. The Hall–Kier alpha value is -5.11. The molecule has 8 heteroatoms. The van der Waals surface area contributed by atoms with Crippen LogP contribution in [-0.2, 0) is 21.7 Å². The molecule has 1 atom stereocenters. The molecule has 43 heavy (non-hydrogen) atoms. The molecule has 0 aliphatic carbocycles. The van der Waals surface area contributed by atoms with Crippen molar-refractivity contribution in [2.45, 2.75) is 32.4 Å². The van der Waals surface area contributed by atoms with Crippen molar-refractivity contribution in [2.75, 3.05) is 19.8 Å². The number of ether oxygens (including phenoxy) is 1. The maximum atomic E-state index is 14.8. The average Bonchev–Trinajstić information content (AvgIpc) is 3.57. The molecule has 218 valence electrons. The highest BCUT2D eigenvalue weighted by Crippen LogP contribution is 2.43. The van der Waals surface area contributed by atoms with Gasteiger partial charge < -0.3 is 24.8 Å². The van der Waals surface area contributed by atoms with Gasteiger partial charge in [0.15, 0.2) is 5.54 Å². The molecular formula is C35H34N4O4. The number of rotatable bonds is 9. The summed E-state index contributed by atoms with van der Waals surface area (Å²) in [4.78, 5) is 35.5. The van der Waals surface area contributed by atoms with Gasteiger partial charge >= 0.3 is 0 Å². The normalized spacial score (nSPS) is 17.6. The zero-order chi connectivity index (χ0) is 30.1. The highest BCUT2D eigenvalue weighted by molar-refractivity contribution is 6.15. The van der Waals surface area contributed by atoms with Crippen LogP contribution >= 0.6 is 0 Å². The van der Waals surface area contributed by atoms with Crippen LogP contribution < -0.4 is 10.5 Å². The summed E-state index contributed by atoms with van der Waals surface area (Å²) in [6, 6.07) is 25.4. The Labute approximate surface area is 250 Å². The van der Waals surface area contributed by atoms with E-state index in [1.807, 2.05) is 67.6 Å². The molecule has 2 heterocycles. The lowest BCUT2D eigenvalue weighted by molar-refractivity contribution is -0.127. The summed E-state index contributed by atoms with van der Waals surface area (Å²) in [6.45, 7) is 9.07. The number of likely N-dealkylation sites (tertiary alicyclic amines) is 1. The van der Waals surface area contributed by atoms with E-state index in [0.29, 0.717) is 29.2 Å². The molecule has 1 aliphatic rings. The van der Waals surface area contributed by atoms with Crippen LogP contribution in [0.4, 0.5) is 0 Å². The Bertz CT molecular complexity index is 1920. The zero-order valence-electron chi connectivity index (χ0n) is 24.4. The Balaban J connectivity index is 1.59. The summed E-state index contributed by atoms with van der Waals surface area (Å²) in [6.07, 6.45) is 1.68. The Morgan fingerprint density at radius 3 is 2.47 bits per heavy atom. The van der Waals surface area contributed by atoms with E-state index in [1.165, 1.54) is 4.90 Å². The quantitative estimate of drug-likeness (QED) is 0.130. The largest absolute Gasteiger partial charge is 0.493 e. The Morgan fingerprint density at radius 2 is 1.72 bits per heavy atom. The van der Waals surface area contributed by atoms with E-state index < -0.39 is 11.4 Å². The zero-order valence-corrected chi connectivity index (χ0v) is 24.4. The van der Waals surface area contributed by atoms with Crippen molar-refractivity contribution in [3.63, 3.8) is 0 Å². The predicted octanol–water partition coefficient (Wildman–Crippen LogP) is 6.15. The van der Waals surface area contributed by atoms with Crippen LogP contribution in [0.3, 0.4) is 0 Å². The van der Waals surface area contributed by atoms with E-state index in [2.05, 4.69) is 35.4 Å². The molecule has 5 aromatic rings. The maximum absolute atomic E-state index is 14.8. The SMILES string of the molecule is C=CCON=C1CN(C(=O)c2c(OCC)ccc3ccccc23)[C@](C(N)=O)(c2ccc3c(c2)c2ccccc2n3CC)C1. The molecule has 1 aliphatic heterocycles. The molecule has 1 saturated heterocycles. The number of benzene rings is 4. The number of nitrogens with zero attached hydrogens (tertiary/aromatic N) is 3. The van der Waals surface area contributed by atoms with Crippen LogP contribution in [0.2, 0.25) is 0 Å². The molecule has 6 rings (SSSR count). The number of aryl methyl sites for hydroxylation is 1. The van der Waals surface area contributed by atoms with Gasteiger partial charge in [0, 0.05) is 34.8 Å². The van der Waals surface area contributed by atoms with Crippen molar-refractivity contribution in [1.82, 2.24) is 9.47 Å². The fourth-order valence-corrected chi connectivity index (χ4v) is 6.41. The van der Waals surface area contributed by atoms with Crippen LogP contribution in [0.15, 0.2) is 96.7 Å². The second kappa shape index (κ2) is 11.3. The standard InChI is InChI=1S/C35H34N4O4/c1-4-19-43-37-25-21-35(34(36)41,24-16-17-30-28(20-24)27-13-9-10-14-29(27)38(30)5-2)39(22-25)33(40)32-26-12-8-7-11-23(26)15-18-31(32)42-6-3/h4,7-18,20H,1,5-6,19,21-22H2,2-3H3,(H2,36,41)/t35-/m0/s1. The van der Waals surface area contributed by atoms with Gasteiger partial charge in [0.25, 0.3) is 5.91 Å². The molecule has 0 bridgehead atoms. The number of primary amides is 1. The van der Waals surface area contributed by atoms with Crippen LogP contribution in [0.25, 0.3) is 32.6 Å². The van der Waals surface area contributed by atoms with Gasteiger partial charge in [0.2, 0.25) is 5.91 Å². The lowest BCUT2D eigenvalue weighted by atomic mass is 9.84. The molecular weight excluding hydrogens is 540 g/mol. The third kappa shape index (κ3) is 4.50. The van der Waals surface area contributed by atoms with E-state index >= 15 is 0 Å². The number of hydrogen-bond donors (Lipinski definition) is 1. The second-order valence-electron chi connectivity index (χ2n) is 10.6. The summed E-state index contributed by atoms with van der Waals surface area (Å²) in [5.41, 5.74) is 8.45. The first-order valence-electron chi connectivity index (χ1n) is 14.5. The number of para-hydroxylation sites is 1. The van der Waals surface area contributed by atoms with Gasteiger partial charge in [0.1, 0.15) is 12.4 Å². The lowest BCUT2D eigenvalue weighted by Gasteiger charge is -2.36. The first-order chi connectivity index (χ1) is 20.9. The second-order valence-corrected chi connectivity index (χ2v) is 10.6. The van der Waals surface area contributed by atoms with Crippen LogP contribution in [-0.4, -0.2) is 46.8 Å². The fourth-order valence-electron chi connectivity index (χ4n) is 6.41. The molecule has 0 radical (unpaired) electrons. The Kier molecular flexibility index (Phi) is 7.36. The molecule has 1 aromatic heterocycles. The van der Waals surface area contributed by atoms with E-state index in [1.54, 1.807) is 12.1 Å². The van der Waals surface area contributed by atoms with Crippen LogP contribution in [0.5, 0.6) is 5.75 Å². The first kappa shape index (κ1) is 28.0. The molecule has 1 fully saturated rings. The molecule has 2 amide bonds. The number of fused-ring (bicyclic) bond motifs is 4. The minimum Gasteiger partial charge on any atom is -0.493 e. The van der Waals surface area contributed by atoms with Gasteiger partial charge in [0.05, 0.1) is 24.4 Å². The number of oxime groups is 1. The van der Waals surface area contributed by atoms with Crippen LogP contribution in [0.1, 0.15) is 36.2 Å². The van der Waals surface area contributed by atoms with Crippen LogP contribution in [0, 0.1) is 0 Å². The van der Waals surface area contributed by atoms with E-state index in [-0.39, 0.29) is 25.5 Å². The summed E-state index contributed by atoms with van der Waals surface area (Å²) in [5.74, 6) is -0.574. The maximum Gasteiger partial charge on any atom is 0.259 e. The topological polar surface area (TPSA) is 99.2 Å². The Morgan fingerprint density at radius 1 is 0.977 bits per heavy atom. The number of nitrogens with two attached hydrogens (primary N) is 1. The van der Waals surface area contributed by atoms with Gasteiger partial charge in [-0.05, 0) is 54.4 Å². The molecule has 0 unspecified atom stereocenters. The third-order valence-corrected chi connectivity index (χ3v) is 8.27. The van der Waals surface area contributed by atoms with Crippen molar-refractivity contribution < 1.29 is 19.2 Å². The van der Waals surface area contributed by atoms with Gasteiger partial charge in [-0.25, -0.2) is 0 Å². The number of carbonyl (C=O) groups is 2. The number of carbonyl (C=O) groups excluding carboxylic acids is 2. The van der Waals surface area contributed by atoms with Gasteiger partial charge in [-0.15, -0.1) is 0 Å². The summed E-state index contributed by atoms with van der Waals surface area (Å²) in [5, 5.41) is 7.96.